The van der Waals surface area contributed by atoms with Gasteiger partial charge in [0, 0.05) is 44.5 Å². The zero-order chi connectivity index (χ0) is 49.7. The quantitative estimate of drug-likeness (QED) is 0.129. The first-order valence-corrected chi connectivity index (χ1v) is 24.7. The zero-order valence-electron chi connectivity index (χ0n) is 40.1. The van der Waals surface area contributed by atoms with Gasteiger partial charge in [0.15, 0.2) is 0 Å². The van der Waals surface area contributed by atoms with Crippen molar-refractivity contribution in [1.82, 2.24) is 0 Å². The van der Waals surface area contributed by atoms with Gasteiger partial charge in [0.1, 0.15) is 34.0 Å². The Balaban J connectivity index is 0.777. The third kappa shape index (κ3) is 8.20. The van der Waals surface area contributed by atoms with Crippen LogP contribution < -0.4 is 4.90 Å². The van der Waals surface area contributed by atoms with Gasteiger partial charge in [0.25, 0.3) is 0 Å². The molecule has 0 fully saturated rings. The van der Waals surface area contributed by atoms with Crippen molar-refractivity contribution in [1.29, 1.82) is 0 Å². The molecule has 0 bridgehead atoms. The molecule has 13 aromatic rings. The van der Waals surface area contributed by atoms with Crippen LogP contribution in [-0.4, -0.2) is 0 Å². The molecular formula is C69H45F2NO2. The largest absolute Gasteiger partial charge is 0.456 e. The molecule has 0 N–H and O–H groups in total. The molecule has 1 unspecified atom stereocenters. The Hall–Kier alpha value is -9.58. The monoisotopic (exact) mass is 957 g/mol. The van der Waals surface area contributed by atoms with E-state index in [1.54, 1.807) is 18.2 Å². The van der Waals surface area contributed by atoms with Crippen molar-refractivity contribution in [2.24, 2.45) is 0 Å². The van der Waals surface area contributed by atoms with Crippen molar-refractivity contribution in [2.45, 2.75) is 5.92 Å². The minimum Gasteiger partial charge on any atom is -0.456 e. The predicted molar refractivity (Wildman–Crippen MR) is 301 cm³/mol. The number of rotatable bonds is 11. The number of benzene rings is 11. The number of allylic oxidation sites excluding steroid dienone is 1. The second-order valence-electron chi connectivity index (χ2n) is 18.8. The number of nitrogens with zero attached hydrogens (tertiary/aromatic N) is 1. The average Bonchev–Trinajstić information content (AvgIpc) is 4.03. The smallest absolute Gasteiger partial charge is 0.135 e. The summed E-state index contributed by atoms with van der Waals surface area (Å²) in [4.78, 5) is 2.29. The molecular weight excluding hydrogens is 913 g/mol. The van der Waals surface area contributed by atoms with E-state index in [4.69, 9.17) is 8.83 Å². The van der Waals surface area contributed by atoms with Gasteiger partial charge in [-0.2, -0.15) is 0 Å². The number of para-hydroxylation sites is 2. The minimum absolute atomic E-state index is 0.329. The van der Waals surface area contributed by atoms with E-state index in [9.17, 15) is 8.78 Å². The molecule has 3 nitrogen and oxygen atoms in total. The van der Waals surface area contributed by atoms with E-state index in [-0.39, 0.29) is 11.6 Å². The first-order valence-electron chi connectivity index (χ1n) is 24.7. The maximum Gasteiger partial charge on any atom is 0.135 e. The first-order chi connectivity index (χ1) is 36.4. The van der Waals surface area contributed by atoms with Crippen LogP contribution in [0.3, 0.4) is 0 Å². The molecule has 2 heterocycles. The van der Waals surface area contributed by atoms with Gasteiger partial charge < -0.3 is 13.7 Å². The van der Waals surface area contributed by atoms with Crippen LogP contribution in [0.5, 0.6) is 0 Å². The molecule has 13 rings (SSSR count). The summed E-state index contributed by atoms with van der Waals surface area (Å²) in [5.74, 6) is -1.08. The van der Waals surface area contributed by atoms with Gasteiger partial charge in [0.05, 0.1) is 0 Å². The van der Waals surface area contributed by atoms with Crippen molar-refractivity contribution in [2.75, 3.05) is 4.90 Å². The molecule has 1 atom stereocenters. The number of fused-ring (bicyclic) bond motifs is 6. The summed E-state index contributed by atoms with van der Waals surface area (Å²) < 4.78 is 41.5. The van der Waals surface area contributed by atoms with Crippen molar-refractivity contribution in [3.63, 3.8) is 0 Å². The van der Waals surface area contributed by atoms with Crippen LogP contribution in [0.2, 0.25) is 0 Å². The molecule has 11 aromatic carbocycles. The van der Waals surface area contributed by atoms with Gasteiger partial charge in [-0.05, 0) is 170 Å². The van der Waals surface area contributed by atoms with Crippen LogP contribution in [0.1, 0.15) is 22.6 Å². The molecule has 0 spiro atoms. The molecule has 0 amide bonds. The fourth-order valence-electron chi connectivity index (χ4n) is 10.6. The van der Waals surface area contributed by atoms with E-state index in [1.165, 1.54) is 24.3 Å². The van der Waals surface area contributed by atoms with Crippen LogP contribution in [0.15, 0.2) is 270 Å². The second-order valence-corrected chi connectivity index (χ2v) is 18.8. The second kappa shape index (κ2) is 18.5. The fourth-order valence-corrected chi connectivity index (χ4v) is 10.6. The van der Waals surface area contributed by atoms with Crippen molar-refractivity contribution < 1.29 is 17.6 Å². The van der Waals surface area contributed by atoms with Gasteiger partial charge >= 0.3 is 0 Å². The lowest BCUT2D eigenvalue weighted by molar-refractivity contribution is 0.627. The lowest BCUT2D eigenvalue weighted by Crippen LogP contribution is -2.09. The average molecular weight is 958 g/mol. The van der Waals surface area contributed by atoms with Crippen molar-refractivity contribution >= 4 is 66.5 Å². The third-order valence-electron chi connectivity index (χ3n) is 14.3. The SMILES string of the molecule is C=C(c1cccc(F)c1)C(c1ccc(F)cc1)c1cccc2oc3ccc(-c4cccc(-c5ccc(-c6ccc(N(c7ccccc7)c7ccc(-c8ccc9oc%10ccccc%10c9c8)cc7)cc6)cc5)c4)cc3c12. The summed E-state index contributed by atoms with van der Waals surface area (Å²) in [7, 11) is 0. The highest BCUT2D eigenvalue weighted by atomic mass is 19.1. The van der Waals surface area contributed by atoms with Crippen molar-refractivity contribution in [3.8, 4) is 44.5 Å². The Morgan fingerprint density at radius 1 is 0.351 bits per heavy atom. The number of anilines is 3. The number of hydrogen-bond donors (Lipinski definition) is 0. The molecule has 74 heavy (non-hydrogen) atoms. The Morgan fingerprint density at radius 2 is 0.838 bits per heavy atom. The highest BCUT2D eigenvalue weighted by Gasteiger charge is 2.25. The molecule has 0 aliphatic heterocycles. The van der Waals surface area contributed by atoms with E-state index in [0.29, 0.717) is 11.1 Å². The van der Waals surface area contributed by atoms with E-state index >= 15 is 0 Å². The lowest BCUT2D eigenvalue weighted by Gasteiger charge is -2.26. The first kappa shape index (κ1) is 44.4. The number of halogens is 2. The fraction of sp³-hybridized carbons (Fsp3) is 0.0145. The van der Waals surface area contributed by atoms with Gasteiger partial charge in [-0.15, -0.1) is 0 Å². The Labute approximate surface area is 427 Å². The summed E-state index contributed by atoms with van der Waals surface area (Å²) in [6.07, 6.45) is 0. The third-order valence-corrected chi connectivity index (χ3v) is 14.3. The maximum absolute atomic E-state index is 14.6. The summed E-state index contributed by atoms with van der Waals surface area (Å²) in [5.41, 5.74) is 18.5. The minimum atomic E-state index is -0.402. The topological polar surface area (TPSA) is 29.5 Å². The molecule has 0 aliphatic rings. The molecule has 5 heteroatoms. The Kier molecular flexibility index (Phi) is 11.1. The van der Waals surface area contributed by atoms with Crippen LogP contribution in [0, 0.1) is 11.6 Å². The van der Waals surface area contributed by atoms with Crippen LogP contribution in [0.25, 0.3) is 94.0 Å². The molecule has 0 radical (unpaired) electrons. The van der Waals surface area contributed by atoms with Crippen LogP contribution in [0.4, 0.5) is 25.8 Å². The van der Waals surface area contributed by atoms with E-state index in [1.807, 2.05) is 42.5 Å². The van der Waals surface area contributed by atoms with Gasteiger partial charge in [0.2, 0.25) is 0 Å². The molecule has 2 aromatic heterocycles. The number of furan rings is 2. The standard InChI is InChI=1S/C69H45F2NO2/c1-44(50-10-8-13-56(71)41-50)68(49-24-32-55(70)33-25-49)61-17-9-19-67-69(61)63-43-54(31-39-66(63)74-67)52-12-7-11-51(40-52)47-22-20-45(21-23-47)46-26-34-58(35-27-46)72(57-14-3-2-4-15-57)59-36-28-48(29-37-59)53-30-38-65-62(42-53)60-16-5-6-18-64(60)73-65/h2-43,68H,1H2. The molecule has 352 valence electrons. The predicted octanol–water partition coefficient (Wildman–Crippen LogP) is 19.7. The van der Waals surface area contributed by atoms with Crippen molar-refractivity contribution in [3.05, 3.63) is 290 Å². The summed E-state index contributed by atoms with van der Waals surface area (Å²) in [6.45, 7) is 4.49. The highest BCUT2D eigenvalue weighted by Crippen LogP contribution is 2.45. The van der Waals surface area contributed by atoms with Gasteiger partial charge in [-0.1, -0.05) is 158 Å². The van der Waals surface area contributed by atoms with E-state index < -0.39 is 5.92 Å². The van der Waals surface area contributed by atoms with Crippen LogP contribution in [-0.2, 0) is 0 Å². The molecule has 0 saturated heterocycles. The van der Waals surface area contributed by atoms with Gasteiger partial charge in [-0.3, -0.25) is 0 Å². The number of hydrogen-bond acceptors (Lipinski definition) is 3. The summed E-state index contributed by atoms with van der Waals surface area (Å²) >= 11 is 0. The molecule has 0 saturated carbocycles. The summed E-state index contributed by atoms with van der Waals surface area (Å²) in [6, 6.07) is 85.2. The highest BCUT2D eigenvalue weighted by molar-refractivity contribution is 6.09. The lowest BCUT2D eigenvalue weighted by atomic mass is 9.80. The van der Waals surface area contributed by atoms with Gasteiger partial charge in [-0.25, -0.2) is 8.78 Å². The Morgan fingerprint density at radius 3 is 1.53 bits per heavy atom. The van der Waals surface area contributed by atoms with Crippen LogP contribution >= 0.6 is 0 Å². The summed E-state index contributed by atoms with van der Waals surface area (Å²) in [5, 5.41) is 4.13. The normalized spacial score (nSPS) is 11.9. The van der Waals surface area contributed by atoms with E-state index in [0.717, 1.165) is 117 Å². The zero-order valence-corrected chi connectivity index (χ0v) is 40.1. The molecule has 0 aliphatic carbocycles. The maximum atomic E-state index is 14.6. The van der Waals surface area contributed by atoms with E-state index in [2.05, 4.69) is 181 Å². The Bertz CT molecular complexity index is 4210.